The van der Waals surface area contributed by atoms with Gasteiger partial charge in [-0.3, -0.25) is 0 Å². The van der Waals surface area contributed by atoms with E-state index in [1.54, 1.807) is 0 Å². The van der Waals surface area contributed by atoms with Crippen molar-refractivity contribution in [2.75, 3.05) is 4.90 Å². The van der Waals surface area contributed by atoms with Crippen LogP contribution < -0.4 is 4.90 Å². The highest BCUT2D eigenvalue weighted by Crippen LogP contribution is 2.44. The Morgan fingerprint density at radius 3 is 1.39 bits per heavy atom. The second kappa shape index (κ2) is 17.6. The Hall–Kier alpha value is -8.58. The SMILES string of the molecule is CC(C)(C)c1ccc2c(c1)c1cc(C(C)(C)C)ccc1n2-c1ccc(-c2ccc(N(c3ccc(-c4ccccc4)cc3)c3ccc(-c4ccc5c(c4)c4ccccc4n5-c4ccccc4)cc3)c3nsnc23)cc1. The highest BCUT2D eigenvalue weighted by molar-refractivity contribution is 7.00. The molecule has 0 aliphatic heterocycles. The van der Waals surface area contributed by atoms with Crippen LogP contribution in [0.25, 0.3) is 99.4 Å². The smallest absolute Gasteiger partial charge is 0.129 e. The van der Waals surface area contributed by atoms with E-state index in [4.69, 9.17) is 8.75 Å². The summed E-state index contributed by atoms with van der Waals surface area (Å²) in [6, 6.07) is 82.0. The van der Waals surface area contributed by atoms with Gasteiger partial charge in [-0.05, 0) is 153 Å². The summed E-state index contributed by atoms with van der Waals surface area (Å²) in [4.78, 5) is 2.32. The summed E-state index contributed by atoms with van der Waals surface area (Å²) >= 11 is 1.26. The molecule has 74 heavy (non-hydrogen) atoms. The topological polar surface area (TPSA) is 38.9 Å². The Kier molecular flexibility index (Phi) is 10.8. The van der Waals surface area contributed by atoms with E-state index in [1.807, 2.05) is 0 Å². The van der Waals surface area contributed by atoms with Crippen molar-refractivity contribution in [2.45, 2.75) is 52.4 Å². The first-order valence-corrected chi connectivity index (χ1v) is 26.3. The molecule has 0 saturated carbocycles. The zero-order valence-corrected chi connectivity index (χ0v) is 43.3. The molecule has 0 atom stereocenters. The van der Waals surface area contributed by atoms with Crippen molar-refractivity contribution >= 4 is 83.4 Å². The first kappa shape index (κ1) is 45.3. The summed E-state index contributed by atoms with van der Waals surface area (Å²) in [6.45, 7) is 13.8. The van der Waals surface area contributed by atoms with Gasteiger partial charge in [-0.1, -0.05) is 163 Å². The second-order valence-corrected chi connectivity index (χ2v) is 22.2. The lowest BCUT2D eigenvalue weighted by molar-refractivity contribution is 0.590. The minimum absolute atomic E-state index is 0.0377. The van der Waals surface area contributed by atoms with Gasteiger partial charge in [0.15, 0.2) is 0 Å². The van der Waals surface area contributed by atoms with Gasteiger partial charge in [-0.25, -0.2) is 0 Å². The molecule has 10 aromatic carbocycles. The van der Waals surface area contributed by atoms with E-state index in [0.717, 1.165) is 61.7 Å². The van der Waals surface area contributed by atoms with E-state index in [9.17, 15) is 0 Å². The van der Waals surface area contributed by atoms with Crippen LogP contribution in [0.4, 0.5) is 17.1 Å². The van der Waals surface area contributed by atoms with Crippen LogP contribution in [-0.4, -0.2) is 17.9 Å². The van der Waals surface area contributed by atoms with Crippen LogP contribution in [-0.2, 0) is 10.8 Å². The molecule has 0 amide bonds. The molecule has 358 valence electrons. The molecule has 3 heterocycles. The van der Waals surface area contributed by atoms with Crippen LogP contribution in [0.1, 0.15) is 52.7 Å². The van der Waals surface area contributed by atoms with Gasteiger partial charge in [0.2, 0.25) is 0 Å². The predicted octanol–water partition coefficient (Wildman–Crippen LogP) is 19.0. The van der Waals surface area contributed by atoms with Crippen molar-refractivity contribution < 1.29 is 0 Å². The minimum atomic E-state index is 0.0377. The molecule has 0 radical (unpaired) electrons. The molecule has 0 unspecified atom stereocenters. The minimum Gasteiger partial charge on any atom is -0.309 e. The molecule has 0 aliphatic rings. The number of nitrogens with zero attached hydrogens (tertiary/aromatic N) is 5. The van der Waals surface area contributed by atoms with E-state index in [-0.39, 0.29) is 10.8 Å². The van der Waals surface area contributed by atoms with Gasteiger partial charge < -0.3 is 14.0 Å². The summed E-state index contributed by atoms with van der Waals surface area (Å²) in [7, 11) is 0. The Morgan fingerprint density at radius 1 is 0.351 bits per heavy atom. The molecule has 5 nitrogen and oxygen atoms in total. The summed E-state index contributed by atoms with van der Waals surface area (Å²) in [6.07, 6.45) is 0. The van der Waals surface area contributed by atoms with Gasteiger partial charge in [0.1, 0.15) is 11.0 Å². The fraction of sp³-hybridized carbons (Fsp3) is 0.118. The average molecular weight is 974 g/mol. The summed E-state index contributed by atoms with van der Waals surface area (Å²) in [5.74, 6) is 0. The molecule has 0 N–H and O–H groups in total. The van der Waals surface area contributed by atoms with Crippen LogP contribution in [0.2, 0.25) is 0 Å². The van der Waals surface area contributed by atoms with Crippen molar-refractivity contribution in [3.63, 3.8) is 0 Å². The summed E-state index contributed by atoms with van der Waals surface area (Å²) in [5.41, 5.74) is 21.4. The van der Waals surface area contributed by atoms with E-state index in [2.05, 4.69) is 280 Å². The fourth-order valence-electron chi connectivity index (χ4n) is 11.0. The van der Waals surface area contributed by atoms with Gasteiger partial charge in [0, 0.05) is 49.9 Å². The number of aromatic nitrogens is 4. The number of hydrogen-bond donors (Lipinski definition) is 0. The van der Waals surface area contributed by atoms with Crippen molar-refractivity contribution in [3.05, 3.63) is 236 Å². The number of rotatable bonds is 8. The number of para-hydroxylation sites is 2. The number of benzene rings is 10. The zero-order valence-electron chi connectivity index (χ0n) is 42.5. The molecule has 0 saturated heterocycles. The van der Waals surface area contributed by atoms with Gasteiger partial charge in [0.05, 0.1) is 39.5 Å². The lowest BCUT2D eigenvalue weighted by atomic mass is 9.85. The van der Waals surface area contributed by atoms with Crippen LogP contribution in [0.3, 0.4) is 0 Å². The molecule has 0 spiro atoms. The standard InChI is InChI=1S/C68H55N5S/c1-67(2,3)49-28-38-62-58(42-49)59-43-50(68(4,5)6)29-39-63(59)73(62)54-34-25-47(26-35-54)55-36-40-64(66-65(55)69-74-70-66)71(52-30-21-45(22-31-52)44-15-9-7-10-16-44)53-32-23-46(24-33-53)48-27-37-61-57(41-48)56-19-13-14-20-60(56)72(61)51-17-11-8-12-18-51/h7-43H,1-6H3. The maximum Gasteiger partial charge on any atom is 0.129 e. The zero-order chi connectivity index (χ0) is 50.3. The molecule has 3 aromatic heterocycles. The molecule has 0 bridgehead atoms. The molecular weight excluding hydrogens is 919 g/mol. The first-order chi connectivity index (χ1) is 36.0. The number of hydrogen-bond acceptors (Lipinski definition) is 4. The molecule has 0 fully saturated rings. The largest absolute Gasteiger partial charge is 0.309 e. The van der Waals surface area contributed by atoms with Crippen molar-refractivity contribution in [2.24, 2.45) is 0 Å². The van der Waals surface area contributed by atoms with Crippen LogP contribution in [0.5, 0.6) is 0 Å². The van der Waals surface area contributed by atoms with Gasteiger partial charge in [-0.2, -0.15) is 8.75 Å². The third kappa shape index (κ3) is 7.76. The van der Waals surface area contributed by atoms with E-state index >= 15 is 0 Å². The van der Waals surface area contributed by atoms with Crippen LogP contribution in [0, 0.1) is 0 Å². The van der Waals surface area contributed by atoms with Crippen LogP contribution >= 0.6 is 11.7 Å². The first-order valence-electron chi connectivity index (χ1n) is 25.6. The third-order valence-electron chi connectivity index (χ3n) is 14.9. The van der Waals surface area contributed by atoms with Gasteiger partial charge in [-0.15, -0.1) is 0 Å². The fourth-order valence-corrected chi connectivity index (χ4v) is 11.5. The number of anilines is 3. The summed E-state index contributed by atoms with van der Waals surface area (Å²) in [5, 5.41) is 5.04. The maximum absolute atomic E-state index is 5.04. The average Bonchev–Trinajstić information content (AvgIpc) is 4.15. The van der Waals surface area contributed by atoms with Crippen molar-refractivity contribution in [1.29, 1.82) is 0 Å². The number of fused-ring (bicyclic) bond motifs is 7. The lowest BCUT2D eigenvalue weighted by Crippen LogP contribution is -2.10. The third-order valence-corrected chi connectivity index (χ3v) is 15.5. The van der Waals surface area contributed by atoms with E-state index in [1.165, 1.54) is 77.6 Å². The molecule has 13 aromatic rings. The predicted molar refractivity (Wildman–Crippen MR) is 314 cm³/mol. The quantitative estimate of drug-likeness (QED) is 0.152. The molecular formula is C68H55N5S. The molecule has 0 aliphatic carbocycles. The van der Waals surface area contributed by atoms with Gasteiger partial charge in [0.25, 0.3) is 0 Å². The lowest BCUT2D eigenvalue weighted by Gasteiger charge is -2.26. The second-order valence-electron chi connectivity index (χ2n) is 21.7. The highest BCUT2D eigenvalue weighted by Gasteiger charge is 2.24. The highest BCUT2D eigenvalue weighted by atomic mass is 32.1. The Bertz CT molecular complexity index is 4160. The maximum atomic E-state index is 5.04. The molecule has 6 heteroatoms. The monoisotopic (exact) mass is 973 g/mol. The van der Waals surface area contributed by atoms with E-state index < -0.39 is 0 Å². The van der Waals surface area contributed by atoms with Gasteiger partial charge >= 0.3 is 0 Å². The van der Waals surface area contributed by atoms with Crippen LogP contribution in [0.15, 0.2) is 224 Å². The Balaban J connectivity index is 0.887. The summed E-state index contributed by atoms with van der Waals surface area (Å²) < 4.78 is 14.8. The Labute approximate surface area is 436 Å². The molecule has 13 rings (SSSR count). The van der Waals surface area contributed by atoms with E-state index in [0.29, 0.717) is 0 Å². The normalized spacial score (nSPS) is 12.2. The Morgan fingerprint density at radius 2 is 0.797 bits per heavy atom. The van der Waals surface area contributed by atoms with Crippen molar-refractivity contribution in [1.82, 2.24) is 17.9 Å². The van der Waals surface area contributed by atoms with Crippen molar-refractivity contribution in [3.8, 4) is 44.8 Å².